The van der Waals surface area contributed by atoms with Crippen molar-refractivity contribution in [2.24, 2.45) is 0 Å². The van der Waals surface area contributed by atoms with Gasteiger partial charge in [0.1, 0.15) is 15.9 Å². The highest BCUT2D eigenvalue weighted by Gasteiger charge is 2.29. The molecule has 11 heteroatoms. The minimum Gasteiger partial charge on any atom is -0.454 e. The van der Waals surface area contributed by atoms with Gasteiger partial charge in [-0.15, -0.1) is 0 Å². The van der Waals surface area contributed by atoms with Crippen LogP contribution in [-0.4, -0.2) is 33.2 Å². The van der Waals surface area contributed by atoms with Crippen molar-refractivity contribution < 1.29 is 17.9 Å². The average Bonchev–Trinajstić information content (AvgIpc) is 3.55. The van der Waals surface area contributed by atoms with Crippen LogP contribution in [0.3, 0.4) is 0 Å². The average molecular weight is 535 g/mol. The van der Waals surface area contributed by atoms with Gasteiger partial charge in [0.15, 0.2) is 11.5 Å². The normalized spacial score (nSPS) is 13.2. The molecule has 0 amide bonds. The lowest BCUT2D eigenvalue weighted by molar-refractivity contribution is 0.174. The summed E-state index contributed by atoms with van der Waals surface area (Å²) in [4.78, 5) is 16.1. The van der Waals surface area contributed by atoms with Crippen molar-refractivity contribution in [2.45, 2.75) is 31.8 Å². The van der Waals surface area contributed by atoms with Gasteiger partial charge in [-0.2, -0.15) is 13.1 Å². The number of aromatic amines is 1. The number of fused-ring (bicyclic) bond motifs is 3. The Kier molecular flexibility index (Phi) is 5.70. The molecule has 0 fully saturated rings. The van der Waals surface area contributed by atoms with Crippen LogP contribution in [0.15, 0.2) is 64.3 Å². The Balaban J connectivity index is 1.46. The largest absolute Gasteiger partial charge is 0.454 e. The third kappa shape index (κ3) is 4.14. The summed E-state index contributed by atoms with van der Waals surface area (Å²) >= 11 is 0.954. The SMILES string of the molecule is Cc1ccc2cc(CN(Cc3ccc4c(c3)OCO4)S(=O)(=O)c3cccc4nsnc34)c(=O)[nH]c2c1C. The maximum absolute atomic E-state index is 14.1. The van der Waals surface area contributed by atoms with Gasteiger partial charge in [0.25, 0.3) is 5.56 Å². The Labute approximate surface area is 216 Å². The van der Waals surface area contributed by atoms with Crippen molar-refractivity contribution in [3.05, 3.63) is 87.2 Å². The highest BCUT2D eigenvalue weighted by Crippen LogP contribution is 2.34. The number of hydrogen-bond donors (Lipinski definition) is 1. The van der Waals surface area contributed by atoms with Gasteiger partial charge in [0.05, 0.1) is 17.2 Å². The standard InChI is InChI=1S/C26H22N4O5S2/c1-15-6-8-18-11-19(26(31)27-24(18)16(15)2)13-30(12-17-7-9-21-22(10-17)35-14-34-21)37(32,33)23-5-3-4-20-25(23)29-36-28-20/h3-11H,12-14H2,1-2H3,(H,27,31). The molecule has 0 spiro atoms. The van der Waals surface area contributed by atoms with Gasteiger partial charge in [-0.25, -0.2) is 8.42 Å². The zero-order valence-corrected chi connectivity index (χ0v) is 21.6. The number of H-pyrrole nitrogens is 1. The van der Waals surface area contributed by atoms with Crippen LogP contribution in [0.4, 0.5) is 0 Å². The van der Waals surface area contributed by atoms with E-state index in [9.17, 15) is 13.2 Å². The number of ether oxygens (including phenoxy) is 2. The molecule has 0 aliphatic carbocycles. The first-order valence-electron chi connectivity index (χ1n) is 11.5. The van der Waals surface area contributed by atoms with E-state index in [0.717, 1.165) is 33.8 Å². The van der Waals surface area contributed by atoms with E-state index >= 15 is 0 Å². The van der Waals surface area contributed by atoms with Crippen LogP contribution in [0.1, 0.15) is 22.3 Å². The van der Waals surface area contributed by atoms with E-state index in [2.05, 4.69) is 13.7 Å². The first kappa shape index (κ1) is 23.6. The predicted molar refractivity (Wildman–Crippen MR) is 140 cm³/mol. The van der Waals surface area contributed by atoms with Crippen LogP contribution >= 0.6 is 11.7 Å². The van der Waals surface area contributed by atoms with E-state index in [-0.39, 0.29) is 30.3 Å². The van der Waals surface area contributed by atoms with Crippen molar-refractivity contribution in [2.75, 3.05) is 6.79 Å². The number of nitrogens with one attached hydrogen (secondary N) is 1. The number of benzene rings is 3. The van der Waals surface area contributed by atoms with Gasteiger partial charge in [-0.05, 0) is 66.3 Å². The van der Waals surface area contributed by atoms with Gasteiger partial charge in [-0.1, -0.05) is 24.3 Å². The molecule has 0 unspecified atom stereocenters. The number of hydrogen-bond acceptors (Lipinski definition) is 8. The zero-order chi connectivity index (χ0) is 25.7. The molecule has 6 rings (SSSR count). The van der Waals surface area contributed by atoms with E-state index in [1.807, 2.05) is 26.0 Å². The maximum atomic E-state index is 14.1. The zero-order valence-electron chi connectivity index (χ0n) is 20.0. The quantitative estimate of drug-likeness (QED) is 0.346. The summed E-state index contributed by atoms with van der Waals surface area (Å²) in [5.74, 6) is 1.16. The molecule has 3 heterocycles. The first-order valence-corrected chi connectivity index (χ1v) is 13.7. The molecule has 1 N–H and O–H groups in total. The van der Waals surface area contributed by atoms with Crippen LogP contribution in [-0.2, 0) is 23.1 Å². The molecule has 3 aromatic carbocycles. The molecular weight excluding hydrogens is 512 g/mol. The molecule has 188 valence electrons. The summed E-state index contributed by atoms with van der Waals surface area (Å²) in [6, 6.07) is 15.8. The fourth-order valence-corrected chi connectivity index (χ4v) is 6.63. The summed E-state index contributed by atoms with van der Waals surface area (Å²) in [5, 5.41) is 0.837. The molecule has 5 aromatic rings. The van der Waals surface area contributed by atoms with Crippen LogP contribution in [0, 0.1) is 13.8 Å². The molecule has 0 saturated heterocycles. The summed E-state index contributed by atoms with van der Waals surface area (Å²) in [5.41, 5.74) is 4.30. The van der Waals surface area contributed by atoms with Crippen LogP contribution in [0.5, 0.6) is 11.5 Å². The lowest BCUT2D eigenvalue weighted by atomic mass is 10.0. The summed E-state index contributed by atoms with van der Waals surface area (Å²) < 4.78 is 48.7. The van der Waals surface area contributed by atoms with Crippen molar-refractivity contribution in [3.8, 4) is 11.5 Å². The van der Waals surface area contributed by atoms with E-state index in [1.54, 1.807) is 36.4 Å². The smallest absolute Gasteiger partial charge is 0.252 e. The molecule has 1 aliphatic heterocycles. The van der Waals surface area contributed by atoms with Crippen molar-refractivity contribution in [1.82, 2.24) is 18.0 Å². The second kappa shape index (κ2) is 8.94. The molecule has 37 heavy (non-hydrogen) atoms. The van der Waals surface area contributed by atoms with Crippen LogP contribution in [0.2, 0.25) is 0 Å². The maximum Gasteiger partial charge on any atom is 0.252 e. The highest BCUT2D eigenvalue weighted by atomic mass is 32.2. The van der Waals surface area contributed by atoms with Crippen molar-refractivity contribution in [1.29, 1.82) is 0 Å². The number of pyridine rings is 1. The molecule has 0 saturated carbocycles. The molecule has 0 atom stereocenters. The predicted octanol–water partition coefficient (Wildman–Crippen LogP) is 4.27. The molecule has 2 aromatic heterocycles. The van der Waals surface area contributed by atoms with E-state index in [1.165, 1.54) is 10.4 Å². The Morgan fingerprint density at radius 2 is 1.84 bits per heavy atom. The monoisotopic (exact) mass is 534 g/mol. The Hall–Kier alpha value is -3.80. The second-order valence-electron chi connectivity index (χ2n) is 8.94. The Bertz CT molecular complexity index is 1850. The minimum absolute atomic E-state index is 0.0112. The number of nitrogens with zero attached hydrogens (tertiary/aromatic N) is 3. The van der Waals surface area contributed by atoms with Crippen molar-refractivity contribution in [3.63, 3.8) is 0 Å². The second-order valence-corrected chi connectivity index (χ2v) is 11.4. The highest BCUT2D eigenvalue weighted by molar-refractivity contribution is 7.89. The van der Waals surface area contributed by atoms with Gasteiger partial charge in [0, 0.05) is 18.7 Å². The first-order chi connectivity index (χ1) is 17.8. The van der Waals surface area contributed by atoms with Crippen LogP contribution in [0.25, 0.3) is 21.9 Å². The summed E-state index contributed by atoms with van der Waals surface area (Å²) in [7, 11) is -4.08. The summed E-state index contributed by atoms with van der Waals surface area (Å²) in [6.07, 6.45) is 0. The number of rotatable bonds is 6. The Morgan fingerprint density at radius 1 is 1.00 bits per heavy atom. The molecule has 0 bridgehead atoms. The minimum atomic E-state index is -4.08. The van der Waals surface area contributed by atoms with Gasteiger partial charge >= 0.3 is 0 Å². The Morgan fingerprint density at radius 3 is 2.70 bits per heavy atom. The molecule has 0 radical (unpaired) electrons. The number of aryl methyl sites for hydroxylation is 2. The molecule has 9 nitrogen and oxygen atoms in total. The van der Waals surface area contributed by atoms with E-state index in [4.69, 9.17) is 9.47 Å². The number of sulfonamides is 1. The molecule has 1 aliphatic rings. The fraction of sp³-hybridized carbons (Fsp3) is 0.192. The third-order valence-electron chi connectivity index (χ3n) is 6.64. The lowest BCUT2D eigenvalue weighted by Crippen LogP contribution is -2.32. The fourth-order valence-electron chi connectivity index (χ4n) is 4.47. The van der Waals surface area contributed by atoms with Gasteiger partial charge in [0.2, 0.25) is 16.8 Å². The van der Waals surface area contributed by atoms with Crippen LogP contribution < -0.4 is 15.0 Å². The molecular formula is C26H22N4O5S2. The van der Waals surface area contributed by atoms with Gasteiger partial charge in [-0.3, -0.25) is 4.79 Å². The van der Waals surface area contributed by atoms with Crippen molar-refractivity contribution >= 4 is 43.7 Å². The van der Waals surface area contributed by atoms with E-state index in [0.29, 0.717) is 33.7 Å². The summed E-state index contributed by atoms with van der Waals surface area (Å²) in [6.45, 7) is 3.92. The topological polar surface area (TPSA) is 114 Å². The lowest BCUT2D eigenvalue weighted by Gasteiger charge is -2.23. The van der Waals surface area contributed by atoms with Gasteiger partial charge < -0.3 is 14.5 Å². The third-order valence-corrected chi connectivity index (χ3v) is 9.00. The van der Waals surface area contributed by atoms with E-state index < -0.39 is 10.0 Å². The number of aromatic nitrogens is 3.